The zero-order valence-electron chi connectivity index (χ0n) is 20.7. The lowest BCUT2D eigenvalue weighted by molar-refractivity contribution is -0.130. The Balaban J connectivity index is 1.09. The highest BCUT2D eigenvalue weighted by Crippen LogP contribution is 2.32. The molecule has 35 heavy (non-hydrogen) atoms. The normalized spacial score (nSPS) is 21.8. The standard InChI is InChI=1S/C27H37N5O3/c1-19(33)31-12-9-21(10-13-31)23-6-7-26-29-25(18-32(26)16-23)27(35)28-14-24(34)17-30-11-8-20-4-2-3-5-22(20)15-30/h2-5,18,21,23-24,34H,6-17H2,1H3,(H,28,35)/t23-,24-/m0/s1. The monoisotopic (exact) mass is 479 g/mol. The van der Waals surface area contributed by atoms with E-state index in [-0.39, 0.29) is 18.4 Å². The Bertz CT molecular complexity index is 1060. The van der Waals surface area contributed by atoms with Gasteiger partial charge in [0.25, 0.3) is 5.91 Å². The van der Waals surface area contributed by atoms with Crippen LogP contribution in [0.3, 0.4) is 0 Å². The second-order valence-corrected chi connectivity index (χ2v) is 10.5. The highest BCUT2D eigenvalue weighted by molar-refractivity contribution is 5.92. The number of hydrogen-bond donors (Lipinski definition) is 2. The van der Waals surface area contributed by atoms with Gasteiger partial charge in [0.1, 0.15) is 11.5 Å². The fourth-order valence-electron chi connectivity index (χ4n) is 6.02. The summed E-state index contributed by atoms with van der Waals surface area (Å²) >= 11 is 0. The SMILES string of the molecule is CC(=O)N1CCC([C@H]2CCc3nc(C(=O)NC[C@H](O)CN4CCc5ccccc5C4)cn3C2)CC1. The fraction of sp³-hybridized carbons (Fsp3) is 0.593. The minimum absolute atomic E-state index is 0.172. The van der Waals surface area contributed by atoms with Crippen molar-refractivity contribution in [3.05, 3.63) is 53.1 Å². The first-order valence-corrected chi connectivity index (χ1v) is 13.0. The summed E-state index contributed by atoms with van der Waals surface area (Å²) in [6.45, 7) is 6.76. The van der Waals surface area contributed by atoms with E-state index in [4.69, 9.17) is 0 Å². The van der Waals surface area contributed by atoms with E-state index < -0.39 is 6.10 Å². The van der Waals surface area contributed by atoms with Crippen LogP contribution in [-0.2, 0) is 30.7 Å². The third-order valence-electron chi connectivity index (χ3n) is 8.09. The number of imidazole rings is 1. The average molecular weight is 480 g/mol. The van der Waals surface area contributed by atoms with Crippen molar-refractivity contribution < 1.29 is 14.7 Å². The van der Waals surface area contributed by atoms with E-state index in [1.165, 1.54) is 11.1 Å². The zero-order valence-corrected chi connectivity index (χ0v) is 20.7. The second-order valence-electron chi connectivity index (χ2n) is 10.5. The van der Waals surface area contributed by atoms with Crippen LogP contribution in [-0.4, -0.2) is 75.1 Å². The van der Waals surface area contributed by atoms with Crippen molar-refractivity contribution in [1.29, 1.82) is 0 Å². The molecule has 1 aromatic carbocycles. The number of rotatable bonds is 6. The molecule has 188 valence electrons. The highest BCUT2D eigenvalue weighted by atomic mass is 16.3. The van der Waals surface area contributed by atoms with Crippen molar-refractivity contribution in [2.75, 3.05) is 32.7 Å². The fourth-order valence-corrected chi connectivity index (χ4v) is 6.02. The van der Waals surface area contributed by atoms with Crippen LogP contribution >= 0.6 is 0 Å². The molecule has 8 nitrogen and oxygen atoms in total. The number of aromatic nitrogens is 2. The lowest BCUT2D eigenvalue weighted by Crippen LogP contribution is -2.42. The number of β-amino-alcohol motifs (C(OH)–C–C–N with tert-alkyl or cyclic N) is 1. The van der Waals surface area contributed by atoms with Crippen molar-refractivity contribution >= 4 is 11.8 Å². The van der Waals surface area contributed by atoms with E-state index in [0.29, 0.717) is 24.1 Å². The molecule has 3 aliphatic heterocycles. The molecule has 0 saturated carbocycles. The molecule has 2 aromatic rings. The molecule has 0 bridgehead atoms. The van der Waals surface area contributed by atoms with E-state index in [2.05, 4.69) is 44.0 Å². The first kappa shape index (κ1) is 24.0. The molecule has 1 aromatic heterocycles. The van der Waals surface area contributed by atoms with Gasteiger partial charge in [0.15, 0.2) is 0 Å². The molecule has 0 unspecified atom stereocenters. The number of benzene rings is 1. The number of nitrogens with one attached hydrogen (secondary N) is 1. The Morgan fingerprint density at radius 3 is 2.63 bits per heavy atom. The lowest BCUT2D eigenvalue weighted by atomic mass is 9.80. The number of carbonyl (C=O) groups excluding carboxylic acids is 2. The zero-order chi connectivity index (χ0) is 24.4. The van der Waals surface area contributed by atoms with Gasteiger partial charge in [0.05, 0.1) is 6.10 Å². The van der Waals surface area contributed by atoms with Crippen LogP contribution in [0.4, 0.5) is 0 Å². The summed E-state index contributed by atoms with van der Waals surface area (Å²) in [6, 6.07) is 8.46. The quantitative estimate of drug-likeness (QED) is 0.660. The smallest absolute Gasteiger partial charge is 0.271 e. The maximum Gasteiger partial charge on any atom is 0.271 e. The van der Waals surface area contributed by atoms with Gasteiger partial charge in [-0.2, -0.15) is 0 Å². The van der Waals surface area contributed by atoms with E-state index >= 15 is 0 Å². The van der Waals surface area contributed by atoms with Crippen molar-refractivity contribution in [1.82, 2.24) is 24.7 Å². The summed E-state index contributed by atoms with van der Waals surface area (Å²) in [6.07, 6.45) is 6.32. The first-order chi connectivity index (χ1) is 17.0. The summed E-state index contributed by atoms with van der Waals surface area (Å²) in [5, 5.41) is 13.4. The number of hydrogen-bond acceptors (Lipinski definition) is 5. The van der Waals surface area contributed by atoms with Crippen LogP contribution in [0.1, 0.15) is 53.6 Å². The van der Waals surface area contributed by atoms with Gasteiger partial charge in [-0.1, -0.05) is 24.3 Å². The first-order valence-electron chi connectivity index (χ1n) is 13.0. The van der Waals surface area contributed by atoms with Gasteiger partial charge in [-0.15, -0.1) is 0 Å². The number of fused-ring (bicyclic) bond motifs is 2. The third-order valence-corrected chi connectivity index (χ3v) is 8.09. The Kier molecular flexibility index (Phi) is 7.20. The average Bonchev–Trinajstić information content (AvgIpc) is 3.31. The van der Waals surface area contributed by atoms with Gasteiger partial charge < -0.3 is 19.9 Å². The summed E-state index contributed by atoms with van der Waals surface area (Å²) in [5.41, 5.74) is 3.14. The molecule has 0 radical (unpaired) electrons. The van der Waals surface area contributed by atoms with Crippen LogP contribution in [0.15, 0.2) is 30.5 Å². The molecule has 0 aliphatic carbocycles. The Morgan fingerprint density at radius 1 is 1.09 bits per heavy atom. The van der Waals surface area contributed by atoms with Crippen LogP contribution in [0.5, 0.6) is 0 Å². The van der Waals surface area contributed by atoms with Gasteiger partial charge in [-0.3, -0.25) is 14.5 Å². The Labute approximate surface area is 207 Å². The molecular weight excluding hydrogens is 442 g/mol. The summed E-state index contributed by atoms with van der Waals surface area (Å²) in [7, 11) is 0. The number of aliphatic hydroxyl groups excluding tert-OH is 1. The highest BCUT2D eigenvalue weighted by Gasteiger charge is 2.31. The number of amides is 2. The molecule has 8 heteroatoms. The number of aliphatic hydroxyl groups is 1. The second kappa shape index (κ2) is 10.5. The predicted octanol–water partition coefficient (Wildman–Crippen LogP) is 1.85. The number of piperidine rings is 1. The number of likely N-dealkylation sites (tertiary alicyclic amines) is 1. The molecule has 5 rings (SSSR count). The lowest BCUT2D eigenvalue weighted by Gasteiger charge is -2.37. The minimum Gasteiger partial charge on any atom is -0.390 e. The van der Waals surface area contributed by atoms with Crippen LogP contribution in [0.2, 0.25) is 0 Å². The third kappa shape index (κ3) is 5.59. The largest absolute Gasteiger partial charge is 0.390 e. The van der Waals surface area contributed by atoms with Crippen molar-refractivity contribution in [3.8, 4) is 0 Å². The van der Waals surface area contributed by atoms with Crippen molar-refractivity contribution in [2.45, 2.75) is 58.2 Å². The molecule has 2 atom stereocenters. The molecule has 2 N–H and O–H groups in total. The number of aryl methyl sites for hydroxylation is 1. The number of carbonyl (C=O) groups is 2. The number of nitrogens with zero attached hydrogens (tertiary/aromatic N) is 4. The van der Waals surface area contributed by atoms with E-state index in [1.54, 1.807) is 6.92 Å². The predicted molar refractivity (Wildman–Crippen MR) is 133 cm³/mol. The summed E-state index contributed by atoms with van der Waals surface area (Å²) in [4.78, 5) is 33.1. The van der Waals surface area contributed by atoms with E-state index in [1.807, 2.05) is 11.1 Å². The minimum atomic E-state index is -0.619. The topological polar surface area (TPSA) is 90.7 Å². The molecule has 4 heterocycles. The van der Waals surface area contributed by atoms with Gasteiger partial charge in [0.2, 0.25) is 5.91 Å². The van der Waals surface area contributed by atoms with Gasteiger partial charge in [-0.25, -0.2) is 4.98 Å². The Morgan fingerprint density at radius 2 is 1.86 bits per heavy atom. The molecular formula is C27H37N5O3. The molecule has 2 amide bonds. The Hall–Kier alpha value is -2.71. The van der Waals surface area contributed by atoms with Gasteiger partial charge >= 0.3 is 0 Å². The van der Waals surface area contributed by atoms with Crippen molar-refractivity contribution in [3.63, 3.8) is 0 Å². The van der Waals surface area contributed by atoms with Gasteiger partial charge in [0, 0.05) is 65.4 Å². The molecule has 0 spiro atoms. The van der Waals surface area contributed by atoms with Gasteiger partial charge in [-0.05, 0) is 48.6 Å². The summed E-state index contributed by atoms with van der Waals surface area (Å²) < 4.78 is 2.14. The molecule has 1 saturated heterocycles. The van der Waals surface area contributed by atoms with E-state index in [9.17, 15) is 14.7 Å². The van der Waals surface area contributed by atoms with E-state index in [0.717, 1.165) is 70.7 Å². The summed E-state index contributed by atoms with van der Waals surface area (Å²) in [5.74, 6) is 2.11. The van der Waals surface area contributed by atoms with Crippen LogP contribution < -0.4 is 5.32 Å². The van der Waals surface area contributed by atoms with Crippen molar-refractivity contribution in [2.24, 2.45) is 11.8 Å². The molecule has 3 aliphatic rings. The maximum atomic E-state index is 12.8. The van der Waals surface area contributed by atoms with Crippen LogP contribution in [0.25, 0.3) is 0 Å². The van der Waals surface area contributed by atoms with Crippen LogP contribution in [0, 0.1) is 11.8 Å². The molecule has 1 fully saturated rings. The maximum absolute atomic E-state index is 12.8.